The van der Waals surface area contributed by atoms with E-state index < -0.39 is 0 Å². The molecule has 7 heteroatoms. The Balaban J connectivity index is 1.37. The van der Waals surface area contributed by atoms with Crippen LogP contribution in [0.25, 0.3) is 0 Å². The van der Waals surface area contributed by atoms with Crippen LogP contribution in [0.3, 0.4) is 0 Å². The van der Waals surface area contributed by atoms with E-state index in [1.807, 2.05) is 60.4 Å². The van der Waals surface area contributed by atoms with Crippen LogP contribution in [0.15, 0.2) is 66.7 Å². The minimum absolute atomic E-state index is 0.0854. The monoisotopic (exact) mass is 463 g/mol. The SMILES string of the molecule is COc1ccc(Cl)cc1C(=O)Nc1ccc(N2CCN(C(=O)c3ccccc3C)CC2)cc1. The van der Waals surface area contributed by atoms with Crippen LogP contribution in [0.1, 0.15) is 26.3 Å². The number of hydrogen-bond acceptors (Lipinski definition) is 4. The molecule has 0 aromatic heterocycles. The number of anilines is 2. The van der Waals surface area contributed by atoms with E-state index in [1.165, 1.54) is 7.11 Å². The van der Waals surface area contributed by atoms with Crippen molar-refractivity contribution in [2.75, 3.05) is 43.5 Å². The summed E-state index contributed by atoms with van der Waals surface area (Å²) in [5.41, 5.74) is 3.87. The molecule has 2 amide bonds. The number of rotatable bonds is 5. The molecule has 3 aromatic rings. The van der Waals surface area contributed by atoms with Gasteiger partial charge in [-0.15, -0.1) is 0 Å². The fourth-order valence-corrected chi connectivity index (χ4v) is 4.13. The molecule has 0 unspecified atom stereocenters. The normalized spacial score (nSPS) is 13.5. The van der Waals surface area contributed by atoms with Gasteiger partial charge in [0.25, 0.3) is 11.8 Å². The summed E-state index contributed by atoms with van der Waals surface area (Å²) in [6.07, 6.45) is 0. The molecule has 0 saturated carbocycles. The van der Waals surface area contributed by atoms with E-state index in [1.54, 1.807) is 18.2 Å². The molecular weight excluding hydrogens is 438 g/mol. The van der Waals surface area contributed by atoms with Crippen LogP contribution in [0.2, 0.25) is 5.02 Å². The van der Waals surface area contributed by atoms with Gasteiger partial charge in [-0.2, -0.15) is 0 Å². The number of nitrogens with zero attached hydrogens (tertiary/aromatic N) is 2. The molecule has 0 spiro atoms. The third-order valence-electron chi connectivity index (χ3n) is 5.84. The molecule has 1 aliphatic heterocycles. The van der Waals surface area contributed by atoms with Crippen LogP contribution < -0.4 is 15.0 Å². The third kappa shape index (κ3) is 5.12. The Morgan fingerprint density at radius 2 is 1.61 bits per heavy atom. The van der Waals surface area contributed by atoms with Gasteiger partial charge in [0.1, 0.15) is 5.75 Å². The van der Waals surface area contributed by atoms with Crippen LogP contribution in [0.4, 0.5) is 11.4 Å². The fraction of sp³-hybridized carbons (Fsp3) is 0.231. The lowest BCUT2D eigenvalue weighted by Gasteiger charge is -2.36. The zero-order valence-corrected chi connectivity index (χ0v) is 19.4. The molecule has 0 atom stereocenters. The number of ether oxygens (including phenoxy) is 1. The first kappa shape index (κ1) is 22.7. The number of halogens is 1. The number of hydrogen-bond donors (Lipinski definition) is 1. The lowest BCUT2D eigenvalue weighted by atomic mass is 10.1. The summed E-state index contributed by atoms with van der Waals surface area (Å²) in [6, 6.07) is 20.3. The topological polar surface area (TPSA) is 61.9 Å². The zero-order chi connectivity index (χ0) is 23.4. The largest absolute Gasteiger partial charge is 0.496 e. The third-order valence-corrected chi connectivity index (χ3v) is 6.07. The van der Waals surface area contributed by atoms with Gasteiger partial charge in [0.05, 0.1) is 12.7 Å². The predicted molar refractivity (Wildman–Crippen MR) is 132 cm³/mol. The van der Waals surface area contributed by atoms with E-state index in [-0.39, 0.29) is 11.8 Å². The van der Waals surface area contributed by atoms with Crippen molar-refractivity contribution >= 4 is 34.8 Å². The molecule has 1 N–H and O–H groups in total. The molecule has 170 valence electrons. The van der Waals surface area contributed by atoms with Crippen LogP contribution in [-0.2, 0) is 0 Å². The van der Waals surface area contributed by atoms with Gasteiger partial charge in [-0.05, 0) is 61.0 Å². The smallest absolute Gasteiger partial charge is 0.259 e. The lowest BCUT2D eigenvalue weighted by Crippen LogP contribution is -2.48. The number of nitrogens with one attached hydrogen (secondary N) is 1. The number of methoxy groups -OCH3 is 1. The zero-order valence-electron chi connectivity index (χ0n) is 18.7. The molecule has 0 aliphatic carbocycles. The molecule has 4 rings (SSSR count). The Hall–Kier alpha value is -3.51. The second-order valence-corrected chi connectivity index (χ2v) is 8.38. The van der Waals surface area contributed by atoms with Crippen molar-refractivity contribution in [1.82, 2.24) is 4.90 Å². The van der Waals surface area contributed by atoms with Gasteiger partial charge < -0.3 is 19.9 Å². The Labute approximate surface area is 198 Å². The Morgan fingerprint density at radius 3 is 2.27 bits per heavy atom. The standard InChI is InChI=1S/C26H26ClN3O3/c1-18-5-3-4-6-22(18)26(32)30-15-13-29(14-16-30)21-10-8-20(9-11-21)28-25(31)23-17-19(27)7-12-24(23)33-2/h3-12,17H,13-16H2,1-2H3,(H,28,31). The number of carbonyl (C=O) groups is 2. The minimum Gasteiger partial charge on any atom is -0.496 e. The number of carbonyl (C=O) groups excluding carboxylic acids is 2. The van der Waals surface area contributed by atoms with Crippen molar-refractivity contribution in [2.24, 2.45) is 0 Å². The summed E-state index contributed by atoms with van der Waals surface area (Å²) in [6.45, 7) is 4.80. The number of aryl methyl sites for hydroxylation is 1. The minimum atomic E-state index is -0.287. The van der Waals surface area contributed by atoms with Crippen molar-refractivity contribution in [3.8, 4) is 5.75 Å². The average molecular weight is 464 g/mol. The fourth-order valence-electron chi connectivity index (χ4n) is 3.96. The molecule has 33 heavy (non-hydrogen) atoms. The summed E-state index contributed by atoms with van der Waals surface area (Å²) < 4.78 is 5.26. The Morgan fingerprint density at radius 1 is 0.909 bits per heavy atom. The Bertz CT molecular complexity index is 1160. The van der Waals surface area contributed by atoms with E-state index >= 15 is 0 Å². The Kier molecular flexibility index (Phi) is 6.84. The molecule has 6 nitrogen and oxygen atoms in total. The van der Waals surface area contributed by atoms with Crippen molar-refractivity contribution in [2.45, 2.75) is 6.92 Å². The highest BCUT2D eigenvalue weighted by Crippen LogP contribution is 2.25. The van der Waals surface area contributed by atoms with Crippen LogP contribution in [0.5, 0.6) is 5.75 Å². The highest BCUT2D eigenvalue weighted by Gasteiger charge is 2.23. The highest BCUT2D eigenvalue weighted by molar-refractivity contribution is 6.31. The van der Waals surface area contributed by atoms with E-state index in [4.69, 9.17) is 16.3 Å². The molecule has 3 aromatic carbocycles. The van der Waals surface area contributed by atoms with Gasteiger partial charge in [0.2, 0.25) is 0 Å². The molecule has 1 aliphatic rings. The predicted octanol–water partition coefficient (Wildman–Crippen LogP) is 4.87. The van der Waals surface area contributed by atoms with Gasteiger partial charge in [-0.25, -0.2) is 0 Å². The van der Waals surface area contributed by atoms with E-state index in [0.29, 0.717) is 35.1 Å². The summed E-state index contributed by atoms with van der Waals surface area (Å²) in [5.74, 6) is 0.263. The first-order valence-electron chi connectivity index (χ1n) is 10.8. The van der Waals surface area contributed by atoms with Gasteiger partial charge in [-0.3, -0.25) is 9.59 Å². The number of piperazine rings is 1. The summed E-state index contributed by atoms with van der Waals surface area (Å²) in [7, 11) is 1.52. The summed E-state index contributed by atoms with van der Waals surface area (Å²) in [5, 5.41) is 3.36. The quantitative estimate of drug-likeness (QED) is 0.586. The van der Waals surface area contributed by atoms with E-state index in [2.05, 4.69) is 10.2 Å². The molecule has 0 radical (unpaired) electrons. The maximum atomic E-state index is 12.8. The second kappa shape index (κ2) is 9.96. The molecular formula is C26H26ClN3O3. The van der Waals surface area contributed by atoms with Gasteiger partial charge >= 0.3 is 0 Å². The van der Waals surface area contributed by atoms with E-state index in [0.717, 1.165) is 29.9 Å². The average Bonchev–Trinajstić information content (AvgIpc) is 2.84. The first-order chi connectivity index (χ1) is 16.0. The number of benzene rings is 3. The van der Waals surface area contributed by atoms with Crippen LogP contribution >= 0.6 is 11.6 Å². The van der Waals surface area contributed by atoms with Crippen molar-refractivity contribution in [3.05, 3.63) is 88.4 Å². The maximum absolute atomic E-state index is 12.8. The lowest BCUT2D eigenvalue weighted by molar-refractivity contribution is 0.0746. The molecule has 1 saturated heterocycles. The van der Waals surface area contributed by atoms with Gasteiger partial charge in [-0.1, -0.05) is 29.8 Å². The second-order valence-electron chi connectivity index (χ2n) is 7.94. The summed E-state index contributed by atoms with van der Waals surface area (Å²) >= 11 is 6.03. The van der Waals surface area contributed by atoms with Crippen LogP contribution in [0, 0.1) is 6.92 Å². The van der Waals surface area contributed by atoms with Crippen molar-refractivity contribution in [1.29, 1.82) is 0 Å². The molecule has 1 heterocycles. The van der Waals surface area contributed by atoms with Crippen LogP contribution in [-0.4, -0.2) is 50.0 Å². The highest BCUT2D eigenvalue weighted by atomic mass is 35.5. The first-order valence-corrected chi connectivity index (χ1v) is 11.2. The summed E-state index contributed by atoms with van der Waals surface area (Å²) in [4.78, 5) is 29.7. The van der Waals surface area contributed by atoms with Crippen molar-refractivity contribution in [3.63, 3.8) is 0 Å². The molecule has 0 bridgehead atoms. The maximum Gasteiger partial charge on any atom is 0.259 e. The van der Waals surface area contributed by atoms with Gasteiger partial charge in [0, 0.05) is 48.1 Å². The van der Waals surface area contributed by atoms with Gasteiger partial charge in [0.15, 0.2) is 0 Å². The van der Waals surface area contributed by atoms with Crippen molar-refractivity contribution < 1.29 is 14.3 Å². The van der Waals surface area contributed by atoms with E-state index in [9.17, 15) is 9.59 Å². The molecule has 1 fully saturated rings. The number of amides is 2.